The average Bonchev–Trinajstić information content (AvgIpc) is 2.50. The predicted molar refractivity (Wildman–Crippen MR) is 70.4 cm³/mol. The van der Waals surface area contributed by atoms with E-state index in [9.17, 15) is 0 Å². The molecular formula is C12H26N4O. The van der Waals surface area contributed by atoms with Crippen LogP contribution in [0.4, 0.5) is 0 Å². The topological polar surface area (TPSA) is 65.1 Å². The van der Waals surface area contributed by atoms with E-state index < -0.39 is 0 Å². The molecule has 3 N–H and O–H groups in total. The van der Waals surface area contributed by atoms with Crippen molar-refractivity contribution < 1.29 is 5.21 Å². The van der Waals surface area contributed by atoms with Crippen LogP contribution in [0.25, 0.3) is 0 Å². The van der Waals surface area contributed by atoms with Gasteiger partial charge in [-0.1, -0.05) is 19.0 Å². The molecule has 0 bridgehead atoms. The third-order valence-corrected chi connectivity index (χ3v) is 3.67. The normalized spacial score (nSPS) is 21.5. The van der Waals surface area contributed by atoms with Gasteiger partial charge >= 0.3 is 0 Å². The number of amidine groups is 1. The molecule has 1 aliphatic heterocycles. The highest BCUT2D eigenvalue weighted by Crippen LogP contribution is 2.21. The number of likely N-dealkylation sites (N-methyl/N-ethyl adjacent to an activating group) is 1. The summed E-state index contributed by atoms with van der Waals surface area (Å²) in [6.07, 6.45) is 2.15. The molecule has 1 rings (SSSR count). The molecule has 1 fully saturated rings. The zero-order valence-electron chi connectivity index (χ0n) is 11.3. The second kappa shape index (κ2) is 6.21. The van der Waals surface area contributed by atoms with Gasteiger partial charge in [0.15, 0.2) is 0 Å². The third-order valence-electron chi connectivity index (χ3n) is 3.67. The lowest BCUT2D eigenvalue weighted by atomic mass is 9.88. The quantitative estimate of drug-likeness (QED) is 0.331. The van der Waals surface area contributed by atoms with Crippen molar-refractivity contribution in [3.05, 3.63) is 0 Å². The summed E-state index contributed by atoms with van der Waals surface area (Å²) < 4.78 is 0. The molecule has 100 valence electrons. The molecule has 0 atom stereocenters. The minimum Gasteiger partial charge on any atom is -0.409 e. The highest BCUT2D eigenvalue weighted by atomic mass is 16.4. The Labute approximate surface area is 104 Å². The lowest BCUT2D eigenvalue weighted by molar-refractivity contribution is 0.245. The number of oxime groups is 1. The molecule has 0 amide bonds. The minimum absolute atomic E-state index is 0.229. The van der Waals surface area contributed by atoms with Crippen LogP contribution in [-0.2, 0) is 0 Å². The summed E-state index contributed by atoms with van der Waals surface area (Å²) in [7, 11) is 2.17. The Morgan fingerprint density at radius 3 is 2.65 bits per heavy atom. The second-order valence-corrected chi connectivity index (χ2v) is 5.62. The molecule has 0 aromatic heterocycles. The van der Waals surface area contributed by atoms with Crippen LogP contribution in [0.2, 0.25) is 0 Å². The van der Waals surface area contributed by atoms with Crippen molar-refractivity contribution in [2.45, 2.75) is 26.7 Å². The zero-order chi connectivity index (χ0) is 12.9. The number of hydrogen-bond acceptors (Lipinski definition) is 4. The molecule has 5 heteroatoms. The van der Waals surface area contributed by atoms with Crippen LogP contribution in [0, 0.1) is 5.41 Å². The van der Waals surface area contributed by atoms with Gasteiger partial charge in [-0.25, -0.2) is 0 Å². The van der Waals surface area contributed by atoms with Crippen molar-refractivity contribution in [3.8, 4) is 0 Å². The van der Waals surface area contributed by atoms with Crippen LogP contribution in [-0.4, -0.2) is 60.6 Å². The van der Waals surface area contributed by atoms with Crippen LogP contribution in [0.5, 0.6) is 0 Å². The summed E-state index contributed by atoms with van der Waals surface area (Å²) >= 11 is 0. The fourth-order valence-corrected chi connectivity index (χ4v) is 2.02. The van der Waals surface area contributed by atoms with Gasteiger partial charge < -0.3 is 20.7 Å². The molecule has 1 aliphatic rings. The Balaban J connectivity index is 2.39. The van der Waals surface area contributed by atoms with E-state index in [2.05, 4.69) is 22.0 Å². The van der Waals surface area contributed by atoms with Gasteiger partial charge in [0.05, 0.1) is 0 Å². The molecule has 0 unspecified atom stereocenters. The number of rotatable bonds is 4. The lowest BCUT2D eigenvalue weighted by Crippen LogP contribution is -2.37. The van der Waals surface area contributed by atoms with Gasteiger partial charge in [-0.3, -0.25) is 0 Å². The van der Waals surface area contributed by atoms with Crippen molar-refractivity contribution in [1.82, 2.24) is 9.80 Å². The number of nitrogens with zero attached hydrogens (tertiary/aromatic N) is 3. The molecule has 0 aliphatic carbocycles. The minimum atomic E-state index is -0.229. The van der Waals surface area contributed by atoms with Crippen molar-refractivity contribution in [2.24, 2.45) is 16.3 Å². The fraction of sp³-hybridized carbons (Fsp3) is 0.917. The third kappa shape index (κ3) is 4.52. The standard InChI is InChI=1S/C12H26N4O/c1-12(2,11(13)14-17)5-8-16-7-4-6-15(3)9-10-16/h17H,4-10H2,1-3H3,(H2,13,14). The number of nitrogens with two attached hydrogens (primary N) is 1. The van der Waals surface area contributed by atoms with Crippen molar-refractivity contribution >= 4 is 5.84 Å². The van der Waals surface area contributed by atoms with E-state index in [0.29, 0.717) is 5.84 Å². The largest absolute Gasteiger partial charge is 0.409 e. The Morgan fingerprint density at radius 2 is 2.00 bits per heavy atom. The van der Waals surface area contributed by atoms with Crippen LogP contribution in [0.1, 0.15) is 26.7 Å². The van der Waals surface area contributed by atoms with E-state index in [0.717, 1.165) is 32.6 Å². The molecular weight excluding hydrogens is 216 g/mol. The first-order valence-electron chi connectivity index (χ1n) is 6.34. The van der Waals surface area contributed by atoms with Crippen LogP contribution in [0.15, 0.2) is 5.16 Å². The van der Waals surface area contributed by atoms with E-state index >= 15 is 0 Å². The first-order valence-corrected chi connectivity index (χ1v) is 6.34. The van der Waals surface area contributed by atoms with Gasteiger partial charge in [-0.05, 0) is 39.5 Å². The summed E-state index contributed by atoms with van der Waals surface area (Å²) in [6.45, 7) is 9.62. The van der Waals surface area contributed by atoms with E-state index in [1.807, 2.05) is 13.8 Å². The summed E-state index contributed by atoms with van der Waals surface area (Å²) in [6, 6.07) is 0. The summed E-state index contributed by atoms with van der Waals surface area (Å²) in [5.41, 5.74) is 5.46. The van der Waals surface area contributed by atoms with Gasteiger partial charge in [-0.15, -0.1) is 0 Å². The summed E-state index contributed by atoms with van der Waals surface area (Å²) in [5.74, 6) is 0.324. The van der Waals surface area contributed by atoms with E-state index in [1.54, 1.807) is 0 Å². The van der Waals surface area contributed by atoms with Crippen molar-refractivity contribution in [1.29, 1.82) is 0 Å². The highest BCUT2D eigenvalue weighted by molar-refractivity contribution is 5.85. The molecule has 17 heavy (non-hydrogen) atoms. The zero-order valence-corrected chi connectivity index (χ0v) is 11.3. The van der Waals surface area contributed by atoms with Gasteiger partial charge in [-0.2, -0.15) is 0 Å². The van der Waals surface area contributed by atoms with Gasteiger partial charge in [0.1, 0.15) is 5.84 Å². The van der Waals surface area contributed by atoms with Gasteiger partial charge in [0.25, 0.3) is 0 Å². The Bertz CT molecular complexity index is 265. The Kier molecular flexibility index (Phi) is 5.21. The maximum absolute atomic E-state index is 8.73. The Morgan fingerprint density at radius 1 is 1.29 bits per heavy atom. The number of hydrogen-bond donors (Lipinski definition) is 2. The molecule has 0 saturated carbocycles. The monoisotopic (exact) mass is 242 g/mol. The maximum atomic E-state index is 8.73. The first-order chi connectivity index (χ1) is 7.95. The highest BCUT2D eigenvalue weighted by Gasteiger charge is 2.24. The molecule has 0 aromatic rings. The molecule has 1 saturated heterocycles. The summed E-state index contributed by atoms with van der Waals surface area (Å²) in [5, 5.41) is 11.9. The van der Waals surface area contributed by atoms with Gasteiger partial charge in [0, 0.05) is 18.5 Å². The van der Waals surface area contributed by atoms with Crippen LogP contribution in [0.3, 0.4) is 0 Å². The smallest absolute Gasteiger partial charge is 0.144 e. The lowest BCUT2D eigenvalue weighted by Gasteiger charge is -2.27. The Hall–Kier alpha value is -0.810. The van der Waals surface area contributed by atoms with Gasteiger partial charge in [0.2, 0.25) is 0 Å². The van der Waals surface area contributed by atoms with Crippen molar-refractivity contribution in [3.63, 3.8) is 0 Å². The average molecular weight is 242 g/mol. The molecule has 1 heterocycles. The van der Waals surface area contributed by atoms with Crippen molar-refractivity contribution in [2.75, 3.05) is 39.8 Å². The predicted octanol–water partition coefficient (Wildman–Crippen LogP) is 0.787. The molecule has 0 spiro atoms. The summed E-state index contributed by atoms with van der Waals surface area (Å²) in [4.78, 5) is 4.84. The van der Waals surface area contributed by atoms with E-state index in [4.69, 9.17) is 10.9 Å². The molecule has 5 nitrogen and oxygen atoms in total. The van der Waals surface area contributed by atoms with Crippen LogP contribution >= 0.6 is 0 Å². The van der Waals surface area contributed by atoms with E-state index in [-0.39, 0.29) is 5.41 Å². The van der Waals surface area contributed by atoms with E-state index in [1.165, 1.54) is 13.0 Å². The maximum Gasteiger partial charge on any atom is 0.144 e. The SMILES string of the molecule is CN1CCCN(CCC(C)(C)C(N)=NO)CC1. The first kappa shape index (κ1) is 14.3. The second-order valence-electron chi connectivity index (χ2n) is 5.62. The molecule has 0 radical (unpaired) electrons. The van der Waals surface area contributed by atoms with Crippen LogP contribution < -0.4 is 5.73 Å². The fourth-order valence-electron chi connectivity index (χ4n) is 2.02. The molecule has 0 aromatic carbocycles.